The van der Waals surface area contributed by atoms with Crippen LogP contribution in [0.4, 0.5) is 4.39 Å². The molecule has 2 aromatic rings. The summed E-state index contributed by atoms with van der Waals surface area (Å²) < 4.78 is 19.4. The summed E-state index contributed by atoms with van der Waals surface area (Å²) in [5.74, 6) is -0.923. The van der Waals surface area contributed by atoms with Gasteiger partial charge >= 0.3 is 0 Å². The third-order valence-corrected chi connectivity index (χ3v) is 3.27. The number of amides is 1. The number of para-hydroxylation sites is 1. The molecule has 1 amide bonds. The van der Waals surface area contributed by atoms with Crippen LogP contribution in [-0.2, 0) is 4.79 Å². The van der Waals surface area contributed by atoms with Gasteiger partial charge in [-0.1, -0.05) is 46.8 Å². The summed E-state index contributed by atoms with van der Waals surface area (Å²) in [5, 5.41) is 0. The molecule has 114 valence electrons. The number of benzene rings is 2. The van der Waals surface area contributed by atoms with Crippen LogP contribution in [0.1, 0.15) is 5.56 Å². The molecule has 22 heavy (non-hydrogen) atoms. The van der Waals surface area contributed by atoms with E-state index in [1.165, 1.54) is 12.1 Å². The molecule has 0 spiro atoms. The zero-order valence-electron chi connectivity index (χ0n) is 11.6. The highest BCUT2D eigenvalue weighted by molar-refractivity contribution is 9.10. The van der Waals surface area contributed by atoms with Gasteiger partial charge in [-0.2, -0.15) is 0 Å². The number of carbonyl (C=O) groups excluding carboxylic acids is 1. The molecule has 2 N–H and O–H groups in total. The number of rotatable bonds is 6. The van der Waals surface area contributed by atoms with E-state index in [4.69, 9.17) is 4.74 Å². The van der Waals surface area contributed by atoms with E-state index in [-0.39, 0.29) is 12.4 Å². The highest BCUT2D eigenvalue weighted by Crippen LogP contribution is 2.15. The molecule has 0 aromatic heterocycles. The smallest absolute Gasteiger partial charge is 0.276 e. The molecule has 0 unspecified atom stereocenters. The topological polar surface area (TPSA) is 50.4 Å². The average Bonchev–Trinajstić information content (AvgIpc) is 2.52. The Labute approximate surface area is 136 Å². The second kappa shape index (κ2) is 7.61. The zero-order chi connectivity index (χ0) is 15.9. The molecule has 0 radical (unpaired) electrons. The van der Waals surface area contributed by atoms with Crippen LogP contribution in [0.3, 0.4) is 0 Å². The van der Waals surface area contributed by atoms with Crippen LogP contribution in [0, 0.1) is 5.82 Å². The van der Waals surface area contributed by atoms with Crippen molar-refractivity contribution in [2.24, 2.45) is 0 Å². The summed E-state index contributed by atoms with van der Waals surface area (Å²) in [7, 11) is 0. The van der Waals surface area contributed by atoms with Gasteiger partial charge in [0.25, 0.3) is 5.91 Å². The highest BCUT2D eigenvalue weighted by Gasteiger charge is 2.06. The molecular weight excluding hydrogens is 351 g/mol. The van der Waals surface area contributed by atoms with Gasteiger partial charge in [-0.05, 0) is 29.8 Å². The van der Waals surface area contributed by atoms with E-state index in [1.54, 1.807) is 12.1 Å². The van der Waals surface area contributed by atoms with Crippen LogP contribution in [0.2, 0.25) is 0 Å². The van der Waals surface area contributed by atoms with E-state index >= 15 is 0 Å². The van der Waals surface area contributed by atoms with Crippen molar-refractivity contribution in [1.29, 1.82) is 0 Å². The van der Waals surface area contributed by atoms with Crippen LogP contribution >= 0.6 is 15.9 Å². The molecule has 0 bridgehead atoms. The lowest BCUT2D eigenvalue weighted by Gasteiger charge is -2.12. The number of halogens is 2. The molecule has 0 saturated carbocycles. The van der Waals surface area contributed by atoms with Gasteiger partial charge in [0.05, 0.1) is 5.70 Å². The quantitative estimate of drug-likeness (QED) is 0.773. The fourth-order valence-corrected chi connectivity index (χ4v) is 1.87. The van der Waals surface area contributed by atoms with E-state index in [1.807, 2.05) is 24.3 Å². The van der Waals surface area contributed by atoms with Gasteiger partial charge in [0.2, 0.25) is 0 Å². The molecule has 0 atom stereocenters. The maximum Gasteiger partial charge on any atom is 0.276 e. The van der Waals surface area contributed by atoms with Gasteiger partial charge in [-0.25, -0.2) is 4.39 Å². The molecule has 0 aliphatic heterocycles. The summed E-state index contributed by atoms with van der Waals surface area (Å²) in [4.78, 5) is 11.6. The molecular formula is C16H14BrFN2O2. The molecule has 4 nitrogen and oxygen atoms in total. The molecule has 2 aromatic carbocycles. The Balaban J connectivity index is 1.79. The van der Waals surface area contributed by atoms with Gasteiger partial charge in [0, 0.05) is 4.47 Å². The van der Waals surface area contributed by atoms with Gasteiger partial charge in [0.15, 0.2) is 18.2 Å². The third-order valence-electron chi connectivity index (χ3n) is 2.74. The molecule has 0 fully saturated rings. The second-order valence-electron chi connectivity index (χ2n) is 4.38. The van der Waals surface area contributed by atoms with Crippen LogP contribution in [0.15, 0.2) is 59.6 Å². The fourth-order valence-electron chi connectivity index (χ4n) is 1.61. The largest absolute Gasteiger partial charge is 0.481 e. The van der Waals surface area contributed by atoms with Crippen LogP contribution in [0.25, 0.3) is 5.70 Å². The van der Waals surface area contributed by atoms with Crippen molar-refractivity contribution >= 4 is 27.5 Å². The zero-order valence-corrected chi connectivity index (χ0v) is 13.2. The fraction of sp³-hybridized carbons (Fsp3) is 0.0625. The second-order valence-corrected chi connectivity index (χ2v) is 5.29. The van der Waals surface area contributed by atoms with E-state index in [0.29, 0.717) is 5.70 Å². The number of hydrogen-bond donors (Lipinski definition) is 2. The van der Waals surface area contributed by atoms with E-state index < -0.39 is 11.7 Å². The van der Waals surface area contributed by atoms with E-state index in [0.717, 1.165) is 10.0 Å². The number of hydrogen-bond acceptors (Lipinski definition) is 3. The maximum atomic E-state index is 13.3. The minimum absolute atomic E-state index is 0.0318. The lowest BCUT2D eigenvalue weighted by Crippen LogP contribution is -2.39. The van der Waals surface area contributed by atoms with Crippen molar-refractivity contribution in [2.45, 2.75) is 0 Å². The van der Waals surface area contributed by atoms with Crippen molar-refractivity contribution < 1.29 is 13.9 Å². The van der Waals surface area contributed by atoms with Crippen LogP contribution in [-0.4, -0.2) is 12.5 Å². The Morgan fingerprint density at radius 2 is 1.82 bits per heavy atom. The summed E-state index contributed by atoms with van der Waals surface area (Å²) in [6.07, 6.45) is 0. The molecule has 0 aliphatic rings. The minimum atomic E-state index is -0.512. The monoisotopic (exact) mass is 364 g/mol. The molecule has 0 heterocycles. The Hall–Kier alpha value is -2.34. The molecule has 0 saturated heterocycles. The maximum absolute atomic E-state index is 13.3. The Morgan fingerprint density at radius 1 is 1.14 bits per heavy atom. The van der Waals surface area contributed by atoms with Crippen molar-refractivity contribution in [3.05, 3.63) is 71.0 Å². The molecule has 0 aliphatic carbocycles. The minimum Gasteiger partial charge on any atom is -0.481 e. The number of carbonyl (C=O) groups is 1. The number of nitrogens with one attached hydrogen (secondary N) is 2. The standard InChI is InChI=1S/C16H14BrFN2O2/c1-11(12-6-8-13(17)9-7-12)19-20-16(21)10-22-15-5-3-2-4-14(15)18/h2-9,19H,1,10H2,(H,20,21). The van der Waals surface area contributed by atoms with Gasteiger partial charge in [-0.15, -0.1) is 0 Å². The number of hydrazine groups is 1. The summed E-state index contributed by atoms with van der Waals surface area (Å²) in [5.41, 5.74) is 6.49. The van der Waals surface area contributed by atoms with Crippen LogP contribution < -0.4 is 15.6 Å². The lowest BCUT2D eigenvalue weighted by molar-refractivity contribution is -0.123. The van der Waals surface area contributed by atoms with Crippen molar-refractivity contribution in [1.82, 2.24) is 10.9 Å². The van der Waals surface area contributed by atoms with Crippen molar-refractivity contribution in [2.75, 3.05) is 6.61 Å². The van der Waals surface area contributed by atoms with E-state index in [9.17, 15) is 9.18 Å². The normalized spacial score (nSPS) is 9.91. The first-order chi connectivity index (χ1) is 10.6. The van der Waals surface area contributed by atoms with Gasteiger partial charge in [0.1, 0.15) is 0 Å². The highest BCUT2D eigenvalue weighted by atomic mass is 79.9. The first-order valence-electron chi connectivity index (χ1n) is 6.43. The van der Waals surface area contributed by atoms with Crippen molar-refractivity contribution in [3.8, 4) is 5.75 Å². The predicted molar refractivity (Wildman–Crippen MR) is 86.3 cm³/mol. The SMILES string of the molecule is C=C(NNC(=O)COc1ccccc1F)c1ccc(Br)cc1. The van der Waals surface area contributed by atoms with Crippen LogP contribution in [0.5, 0.6) is 5.75 Å². The average molecular weight is 365 g/mol. The Kier molecular flexibility index (Phi) is 5.55. The lowest BCUT2D eigenvalue weighted by atomic mass is 10.2. The predicted octanol–water partition coefficient (Wildman–Crippen LogP) is 3.26. The number of ether oxygens (including phenoxy) is 1. The van der Waals surface area contributed by atoms with Gasteiger partial charge in [-0.3, -0.25) is 15.6 Å². The molecule has 6 heteroatoms. The Morgan fingerprint density at radius 3 is 2.50 bits per heavy atom. The summed E-state index contributed by atoms with van der Waals surface area (Å²) in [6.45, 7) is 3.51. The third kappa shape index (κ3) is 4.60. The first-order valence-corrected chi connectivity index (χ1v) is 7.22. The Bertz CT molecular complexity index is 674. The van der Waals surface area contributed by atoms with Crippen molar-refractivity contribution in [3.63, 3.8) is 0 Å². The van der Waals surface area contributed by atoms with Gasteiger partial charge < -0.3 is 4.74 Å². The summed E-state index contributed by atoms with van der Waals surface area (Å²) in [6, 6.07) is 13.3. The summed E-state index contributed by atoms with van der Waals surface area (Å²) >= 11 is 3.34. The first kappa shape index (κ1) is 16.0. The van der Waals surface area contributed by atoms with E-state index in [2.05, 4.69) is 33.4 Å². The molecule has 2 rings (SSSR count).